The summed E-state index contributed by atoms with van der Waals surface area (Å²) >= 11 is 7.45. The molecule has 0 bridgehead atoms. The van der Waals surface area contributed by atoms with Crippen molar-refractivity contribution >= 4 is 31.9 Å². The summed E-state index contributed by atoms with van der Waals surface area (Å²) < 4.78 is 2.38. The zero-order chi connectivity index (χ0) is 27.1. The van der Waals surface area contributed by atoms with Gasteiger partial charge in [-0.15, -0.1) is 0 Å². The summed E-state index contributed by atoms with van der Waals surface area (Å²) in [6.45, 7) is 4.77. The highest BCUT2D eigenvalue weighted by atomic mass is 79.9. The van der Waals surface area contributed by atoms with Gasteiger partial charge in [0, 0.05) is 14.4 Å². The summed E-state index contributed by atoms with van der Waals surface area (Å²) in [6, 6.07) is 13.7. The number of hydrogen-bond donors (Lipinski definition) is 0. The minimum Gasteiger partial charge on any atom is -0.0654 e. The van der Waals surface area contributed by atoms with Gasteiger partial charge in [0.15, 0.2) is 0 Å². The molecular formula is C36H54Br2. The molecule has 0 amide bonds. The summed E-state index contributed by atoms with van der Waals surface area (Å²) in [7, 11) is 0. The number of hydrogen-bond acceptors (Lipinski definition) is 0. The second kappa shape index (κ2) is 18.0. The molecule has 1 aliphatic carbocycles. The maximum Gasteiger partial charge on any atom is 0.0187 e. The van der Waals surface area contributed by atoms with Gasteiger partial charge in [-0.1, -0.05) is 186 Å². The third-order valence-corrected chi connectivity index (χ3v) is 9.96. The molecule has 0 atom stereocenters. The van der Waals surface area contributed by atoms with E-state index >= 15 is 0 Å². The van der Waals surface area contributed by atoms with Crippen molar-refractivity contribution in [3.63, 3.8) is 0 Å². The lowest BCUT2D eigenvalue weighted by molar-refractivity contribution is 0.475. The van der Waals surface area contributed by atoms with Crippen LogP contribution in [0.5, 0.6) is 0 Å². The molecule has 0 radical (unpaired) electrons. The number of halogens is 2. The Hall–Kier alpha value is -0.600. The lowest BCUT2D eigenvalue weighted by Gasteiger charge is -2.28. The van der Waals surface area contributed by atoms with Gasteiger partial charge < -0.3 is 0 Å². The van der Waals surface area contributed by atoms with Crippen molar-refractivity contribution in [1.29, 1.82) is 0 Å². The molecular weight excluding hydrogens is 592 g/mol. The summed E-state index contributed by atoms with van der Waals surface area (Å²) in [4.78, 5) is 0. The molecule has 0 unspecified atom stereocenters. The first-order chi connectivity index (χ1) is 18.6. The SMILES string of the molecule is CCCCCCCCCCCCCCCCCCCCCCC1(C)c2cc(Br)ccc2-c2ccc(Br)cc21. The fourth-order valence-electron chi connectivity index (χ4n) is 6.56. The first-order valence-electron chi connectivity index (χ1n) is 16.2. The Labute approximate surface area is 252 Å². The minimum atomic E-state index is 0.118. The van der Waals surface area contributed by atoms with Gasteiger partial charge >= 0.3 is 0 Å². The van der Waals surface area contributed by atoms with Crippen LogP contribution in [0.25, 0.3) is 11.1 Å². The first kappa shape index (κ1) is 31.9. The van der Waals surface area contributed by atoms with Crippen LogP contribution in [0.4, 0.5) is 0 Å². The highest BCUT2D eigenvalue weighted by molar-refractivity contribution is 9.10. The lowest BCUT2D eigenvalue weighted by atomic mass is 9.76. The zero-order valence-electron chi connectivity index (χ0n) is 24.6. The quantitative estimate of drug-likeness (QED) is 0.118. The molecule has 0 aliphatic heterocycles. The maximum absolute atomic E-state index is 3.73. The maximum atomic E-state index is 3.73. The van der Waals surface area contributed by atoms with Gasteiger partial charge in [-0.2, -0.15) is 0 Å². The monoisotopic (exact) mass is 644 g/mol. The average Bonchev–Trinajstić information content (AvgIpc) is 3.14. The van der Waals surface area contributed by atoms with Crippen LogP contribution in [-0.2, 0) is 5.41 Å². The third-order valence-electron chi connectivity index (χ3n) is 8.97. The van der Waals surface area contributed by atoms with Gasteiger partial charge in [0.1, 0.15) is 0 Å². The van der Waals surface area contributed by atoms with Crippen molar-refractivity contribution < 1.29 is 0 Å². The Kier molecular flexibility index (Phi) is 15.1. The van der Waals surface area contributed by atoms with E-state index in [4.69, 9.17) is 0 Å². The van der Waals surface area contributed by atoms with Crippen LogP contribution in [0, 0.1) is 0 Å². The molecule has 38 heavy (non-hydrogen) atoms. The van der Waals surface area contributed by atoms with Gasteiger partial charge in [-0.25, -0.2) is 0 Å². The fraction of sp³-hybridized carbons (Fsp3) is 0.667. The predicted octanol–water partition coefficient (Wildman–Crippen LogP) is 13.7. The van der Waals surface area contributed by atoms with Crippen molar-refractivity contribution in [2.24, 2.45) is 0 Å². The van der Waals surface area contributed by atoms with E-state index in [0.717, 1.165) is 0 Å². The summed E-state index contributed by atoms with van der Waals surface area (Å²) in [5, 5.41) is 0. The molecule has 2 heteroatoms. The van der Waals surface area contributed by atoms with Crippen LogP contribution in [0.2, 0.25) is 0 Å². The van der Waals surface area contributed by atoms with Crippen LogP contribution in [0.1, 0.15) is 160 Å². The van der Waals surface area contributed by atoms with Crippen LogP contribution < -0.4 is 0 Å². The standard InChI is InChI=1S/C36H54Br2/c1-3-4-5-6-7-8-9-10-11-12-13-14-15-16-17-18-19-20-21-22-27-36(2)34-28-30(37)23-25-32(34)33-26-24-31(38)29-35(33)36/h23-26,28-29H,3-22,27H2,1-2H3. The van der Waals surface area contributed by atoms with Crippen molar-refractivity contribution in [3.05, 3.63) is 56.5 Å². The fourth-order valence-corrected chi connectivity index (χ4v) is 7.29. The van der Waals surface area contributed by atoms with Gasteiger partial charge in [0.25, 0.3) is 0 Å². The van der Waals surface area contributed by atoms with Crippen molar-refractivity contribution in [1.82, 2.24) is 0 Å². The number of unbranched alkanes of at least 4 members (excludes halogenated alkanes) is 19. The van der Waals surface area contributed by atoms with Gasteiger partial charge in [-0.05, 0) is 52.9 Å². The lowest BCUT2D eigenvalue weighted by Crippen LogP contribution is -2.20. The second-order valence-electron chi connectivity index (χ2n) is 12.2. The van der Waals surface area contributed by atoms with Crippen molar-refractivity contribution in [3.8, 4) is 11.1 Å². The third kappa shape index (κ3) is 10.1. The summed E-state index contributed by atoms with van der Waals surface area (Å²) in [5.74, 6) is 0. The highest BCUT2D eigenvalue weighted by Gasteiger charge is 2.38. The van der Waals surface area contributed by atoms with E-state index in [1.165, 1.54) is 166 Å². The van der Waals surface area contributed by atoms with Crippen LogP contribution in [0.15, 0.2) is 45.3 Å². The van der Waals surface area contributed by atoms with Crippen LogP contribution in [-0.4, -0.2) is 0 Å². The smallest absolute Gasteiger partial charge is 0.0187 e. The average molecular weight is 647 g/mol. The van der Waals surface area contributed by atoms with E-state index in [-0.39, 0.29) is 5.41 Å². The molecule has 3 rings (SSSR count). The second-order valence-corrected chi connectivity index (χ2v) is 14.0. The van der Waals surface area contributed by atoms with E-state index in [0.29, 0.717) is 0 Å². The van der Waals surface area contributed by atoms with Gasteiger partial charge in [0.2, 0.25) is 0 Å². The Morgan fingerprint density at radius 1 is 0.474 bits per heavy atom. The summed E-state index contributed by atoms with van der Waals surface area (Å²) in [6.07, 6.45) is 30.0. The predicted molar refractivity (Wildman–Crippen MR) is 176 cm³/mol. The van der Waals surface area contributed by atoms with Crippen LogP contribution in [0.3, 0.4) is 0 Å². The number of fused-ring (bicyclic) bond motifs is 3. The molecule has 0 nitrogen and oxygen atoms in total. The molecule has 0 spiro atoms. The molecule has 0 N–H and O–H groups in total. The minimum absolute atomic E-state index is 0.118. The van der Waals surface area contributed by atoms with E-state index < -0.39 is 0 Å². The summed E-state index contributed by atoms with van der Waals surface area (Å²) in [5.41, 5.74) is 5.96. The normalized spacial score (nSPS) is 13.6. The van der Waals surface area contributed by atoms with E-state index in [2.05, 4.69) is 82.1 Å². The molecule has 1 aliphatic rings. The Bertz CT molecular complexity index is 879. The molecule has 0 heterocycles. The molecule has 2 aromatic rings. The molecule has 0 saturated carbocycles. The van der Waals surface area contributed by atoms with Crippen molar-refractivity contribution in [2.45, 2.75) is 154 Å². The largest absolute Gasteiger partial charge is 0.0654 e. The molecule has 0 aromatic heterocycles. The van der Waals surface area contributed by atoms with E-state index in [1.54, 1.807) is 0 Å². The van der Waals surface area contributed by atoms with Crippen LogP contribution >= 0.6 is 31.9 Å². The number of rotatable bonds is 21. The van der Waals surface area contributed by atoms with Gasteiger partial charge in [0.05, 0.1) is 0 Å². The Morgan fingerprint density at radius 3 is 1.13 bits per heavy atom. The molecule has 0 saturated heterocycles. The van der Waals surface area contributed by atoms with Crippen molar-refractivity contribution in [2.75, 3.05) is 0 Å². The number of benzene rings is 2. The molecule has 212 valence electrons. The molecule has 2 aromatic carbocycles. The Morgan fingerprint density at radius 2 is 0.789 bits per heavy atom. The molecule has 0 fully saturated rings. The highest BCUT2D eigenvalue weighted by Crippen LogP contribution is 2.52. The zero-order valence-corrected chi connectivity index (χ0v) is 27.7. The Balaban J connectivity index is 1.19. The van der Waals surface area contributed by atoms with Gasteiger partial charge in [-0.3, -0.25) is 0 Å². The van der Waals surface area contributed by atoms with E-state index in [1.807, 2.05) is 0 Å². The first-order valence-corrected chi connectivity index (χ1v) is 17.8. The topological polar surface area (TPSA) is 0 Å². The van der Waals surface area contributed by atoms with E-state index in [9.17, 15) is 0 Å².